The molecule has 5 heteroatoms. The molecule has 96 valence electrons. The Morgan fingerprint density at radius 1 is 1.29 bits per heavy atom. The second-order valence-electron chi connectivity index (χ2n) is 4.10. The molecule has 0 aromatic heterocycles. The van der Waals surface area contributed by atoms with E-state index in [9.17, 15) is 8.42 Å². The SMILES string of the molecule is CCC(COc1ccc(C)cc1)CS(=O)(=O)Cl. The van der Waals surface area contributed by atoms with Crippen LogP contribution in [0.3, 0.4) is 0 Å². The first-order valence-corrected chi connectivity index (χ1v) is 8.00. The zero-order valence-corrected chi connectivity index (χ0v) is 11.6. The first-order valence-electron chi connectivity index (χ1n) is 5.52. The van der Waals surface area contributed by atoms with Crippen molar-refractivity contribution in [1.82, 2.24) is 0 Å². The Hall–Kier alpha value is -0.740. The molecule has 1 unspecified atom stereocenters. The Balaban J connectivity index is 2.50. The molecule has 0 fully saturated rings. The number of aryl methyl sites for hydroxylation is 1. The maximum atomic E-state index is 11.0. The molecule has 1 rings (SSSR count). The van der Waals surface area contributed by atoms with Crippen molar-refractivity contribution in [2.24, 2.45) is 5.92 Å². The van der Waals surface area contributed by atoms with Crippen LogP contribution in [0.4, 0.5) is 0 Å². The van der Waals surface area contributed by atoms with Gasteiger partial charge in [-0.3, -0.25) is 0 Å². The van der Waals surface area contributed by atoms with Gasteiger partial charge >= 0.3 is 0 Å². The molecule has 0 saturated heterocycles. The van der Waals surface area contributed by atoms with Crippen LogP contribution in [-0.2, 0) is 9.05 Å². The lowest BCUT2D eigenvalue weighted by molar-refractivity contribution is 0.258. The van der Waals surface area contributed by atoms with E-state index in [1.807, 2.05) is 38.1 Å². The Bertz CT molecular complexity index is 439. The van der Waals surface area contributed by atoms with Gasteiger partial charge in [0.2, 0.25) is 9.05 Å². The number of ether oxygens (including phenoxy) is 1. The van der Waals surface area contributed by atoms with Gasteiger partial charge in [-0.2, -0.15) is 0 Å². The number of hydrogen-bond acceptors (Lipinski definition) is 3. The van der Waals surface area contributed by atoms with Crippen LogP contribution in [0.5, 0.6) is 5.75 Å². The van der Waals surface area contributed by atoms with Crippen LogP contribution in [0.2, 0.25) is 0 Å². The molecule has 17 heavy (non-hydrogen) atoms. The van der Waals surface area contributed by atoms with E-state index in [0.29, 0.717) is 6.61 Å². The summed E-state index contributed by atoms with van der Waals surface area (Å²) < 4.78 is 27.5. The summed E-state index contributed by atoms with van der Waals surface area (Å²) in [7, 11) is 1.77. The van der Waals surface area contributed by atoms with E-state index < -0.39 is 9.05 Å². The molecule has 1 aromatic rings. The van der Waals surface area contributed by atoms with Crippen LogP contribution in [0, 0.1) is 12.8 Å². The van der Waals surface area contributed by atoms with Crippen molar-refractivity contribution in [2.45, 2.75) is 20.3 Å². The Morgan fingerprint density at radius 2 is 1.88 bits per heavy atom. The minimum Gasteiger partial charge on any atom is -0.493 e. The zero-order valence-electron chi connectivity index (χ0n) is 10.0. The fraction of sp³-hybridized carbons (Fsp3) is 0.500. The van der Waals surface area contributed by atoms with Gasteiger partial charge in [0.05, 0.1) is 12.4 Å². The molecule has 0 N–H and O–H groups in total. The molecule has 0 bridgehead atoms. The third-order valence-corrected chi connectivity index (χ3v) is 3.77. The first kappa shape index (κ1) is 14.3. The molecule has 1 atom stereocenters. The molecule has 0 aliphatic rings. The van der Waals surface area contributed by atoms with Crippen LogP contribution in [0.25, 0.3) is 0 Å². The van der Waals surface area contributed by atoms with E-state index in [1.165, 1.54) is 0 Å². The minimum atomic E-state index is -3.45. The van der Waals surface area contributed by atoms with Crippen LogP contribution >= 0.6 is 10.7 Å². The molecule has 0 saturated carbocycles. The number of halogens is 1. The standard InChI is InChI=1S/C12H17ClO3S/c1-3-11(9-17(13,14)15)8-16-12-6-4-10(2)5-7-12/h4-7,11H,3,8-9H2,1-2H3. The van der Waals surface area contributed by atoms with Gasteiger partial charge in [-0.1, -0.05) is 24.6 Å². The highest BCUT2D eigenvalue weighted by atomic mass is 35.7. The van der Waals surface area contributed by atoms with Crippen molar-refractivity contribution < 1.29 is 13.2 Å². The molecule has 0 spiro atoms. The van der Waals surface area contributed by atoms with Crippen LogP contribution in [0.15, 0.2) is 24.3 Å². The monoisotopic (exact) mass is 276 g/mol. The smallest absolute Gasteiger partial charge is 0.232 e. The predicted molar refractivity (Wildman–Crippen MR) is 70.1 cm³/mol. The van der Waals surface area contributed by atoms with E-state index in [1.54, 1.807) is 0 Å². The Labute approximate surface area is 107 Å². The maximum absolute atomic E-state index is 11.0. The quantitative estimate of drug-likeness (QED) is 0.750. The lowest BCUT2D eigenvalue weighted by atomic mass is 10.1. The Morgan fingerprint density at radius 3 is 2.35 bits per heavy atom. The van der Waals surface area contributed by atoms with Crippen LogP contribution < -0.4 is 4.74 Å². The average molecular weight is 277 g/mol. The topological polar surface area (TPSA) is 43.4 Å². The molecule has 0 heterocycles. The summed E-state index contributed by atoms with van der Waals surface area (Å²) in [6.07, 6.45) is 0.720. The van der Waals surface area contributed by atoms with E-state index in [-0.39, 0.29) is 11.7 Å². The summed E-state index contributed by atoms with van der Waals surface area (Å²) in [6.45, 7) is 4.29. The zero-order chi connectivity index (χ0) is 12.9. The summed E-state index contributed by atoms with van der Waals surface area (Å²) in [4.78, 5) is 0. The highest BCUT2D eigenvalue weighted by Crippen LogP contribution is 2.15. The number of rotatable bonds is 6. The molecule has 1 aromatic carbocycles. The lowest BCUT2D eigenvalue weighted by Crippen LogP contribution is -2.18. The Kier molecular flexibility index (Phi) is 5.28. The van der Waals surface area contributed by atoms with Gasteiger partial charge < -0.3 is 4.74 Å². The van der Waals surface area contributed by atoms with Crippen molar-refractivity contribution in [3.8, 4) is 5.75 Å². The van der Waals surface area contributed by atoms with Gasteiger partial charge in [-0.25, -0.2) is 8.42 Å². The summed E-state index contributed by atoms with van der Waals surface area (Å²) in [5.41, 5.74) is 1.16. The van der Waals surface area contributed by atoms with Crippen molar-refractivity contribution in [3.63, 3.8) is 0 Å². The third-order valence-electron chi connectivity index (χ3n) is 2.52. The summed E-state index contributed by atoms with van der Waals surface area (Å²) in [5.74, 6) is 0.636. The average Bonchev–Trinajstić information content (AvgIpc) is 2.25. The molecule has 0 aliphatic heterocycles. The van der Waals surface area contributed by atoms with E-state index in [0.717, 1.165) is 17.7 Å². The second-order valence-corrected chi connectivity index (χ2v) is 6.93. The number of hydrogen-bond donors (Lipinski definition) is 0. The van der Waals surface area contributed by atoms with Crippen LogP contribution in [0.1, 0.15) is 18.9 Å². The molecule has 3 nitrogen and oxygen atoms in total. The fourth-order valence-electron chi connectivity index (χ4n) is 1.41. The molecular weight excluding hydrogens is 260 g/mol. The highest BCUT2D eigenvalue weighted by molar-refractivity contribution is 8.13. The van der Waals surface area contributed by atoms with Gasteiger partial charge in [0.25, 0.3) is 0 Å². The third kappa shape index (κ3) is 5.94. The molecule has 0 aliphatic carbocycles. The molecule has 0 amide bonds. The van der Waals surface area contributed by atoms with Gasteiger partial charge in [-0.15, -0.1) is 0 Å². The normalized spacial score (nSPS) is 13.4. The van der Waals surface area contributed by atoms with Gasteiger partial charge in [0.1, 0.15) is 5.75 Å². The van der Waals surface area contributed by atoms with E-state index >= 15 is 0 Å². The van der Waals surface area contributed by atoms with E-state index in [4.69, 9.17) is 15.4 Å². The maximum Gasteiger partial charge on any atom is 0.232 e. The van der Waals surface area contributed by atoms with E-state index in [2.05, 4.69) is 0 Å². The highest BCUT2D eigenvalue weighted by Gasteiger charge is 2.16. The summed E-state index contributed by atoms with van der Waals surface area (Å²) >= 11 is 0. The molecule has 0 radical (unpaired) electrons. The van der Waals surface area contributed by atoms with Crippen molar-refractivity contribution in [1.29, 1.82) is 0 Å². The van der Waals surface area contributed by atoms with Gasteiger partial charge in [0, 0.05) is 16.6 Å². The van der Waals surface area contributed by atoms with Crippen molar-refractivity contribution >= 4 is 19.7 Å². The van der Waals surface area contributed by atoms with Gasteiger partial charge in [0.15, 0.2) is 0 Å². The number of benzene rings is 1. The lowest BCUT2D eigenvalue weighted by Gasteiger charge is -2.14. The fourth-order valence-corrected chi connectivity index (χ4v) is 2.84. The van der Waals surface area contributed by atoms with Crippen molar-refractivity contribution in [2.75, 3.05) is 12.4 Å². The van der Waals surface area contributed by atoms with Gasteiger partial charge in [-0.05, 0) is 25.5 Å². The minimum absolute atomic E-state index is 0.0447. The summed E-state index contributed by atoms with van der Waals surface area (Å²) in [5, 5.41) is 0. The second kappa shape index (κ2) is 6.26. The predicted octanol–water partition coefficient (Wildman–Crippen LogP) is 2.97. The first-order chi connectivity index (χ1) is 7.90. The summed E-state index contributed by atoms with van der Waals surface area (Å²) in [6, 6.07) is 7.65. The van der Waals surface area contributed by atoms with Crippen molar-refractivity contribution in [3.05, 3.63) is 29.8 Å². The largest absolute Gasteiger partial charge is 0.493 e. The van der Waals surface area contributed by atoms with Crippen LogP contribution in [-0.4, -0.2) is 20.8 Å². The molecular formula is C12H17ClO3S.